The van der Waals surface area contributed by atoms with E-state index in [0.29, 0.717) is 40.6 Å². The second-order valence-corrected chi connectivity index (χ2v) is 12.9. The average Bonchev–Trinajstić information content (AvgIpc) is 3.10. The summed E-state index contributed by atoms with van der Waals surface area (Å²) in [5.41, 5.74) is 3.68. The van der Waals surface area contributed by atoms with Gasteiger partial charge in [-0.1, -0.05) is 30.3 Å². The lowest BCUT2D eigenvalue weighted by atomic mass is 10.1. The maximum absolute atomic E-state index is 13.9. The number of hydrogen-bond donors (Lipinski definition) is 3. The number of carboxylic acid groups (broad SMARTS) is 1. The van der Waals surface area contributed by atoms with Crippen molar-refractivity contribution in [3.8, 4) is 17.2 Å². The van der Waals surface area contributed by atoms with Gasteiger partial charge < -0.3 is 44.7 Å². The van der Waals surface area contributed by atoms with Crippen LogP contribution in [0, 0.1) is 6.92 Å². The molecule has 0 unspecified atom stereocenters. The molecule has 3 N–H and O–H groups in total. The molecule has 282 valence electrons. The first kappa shape index (κ1) is 41.0. The van der Waals surface area contributed by atoms with Crippen LogP contribution in [0.3, 0.4) is 0 Å². The smallest absolute Gasteiger partial charge is 0.323 e. The Kier molecular flexibility index (Phi) is 15.6. The monoisotopic (exact) mass is 719 g/mol. The fourth-order valence-electron chi connectivity index (χ4n) is 5.69. The van der Waals surface area contributed by atoms with Crippen molar-refractivity contribution in [3.63, 3.8) is 0 Å². The standard InChI is InChI=1S/C39H53N5O8/c1-26(2)43(36(45)25-30-13-15-32(34(24-30)51-7)41-38(48)40-31-12-10-9-11-28(31)5)21-22-44(27(3)4)39(49)42(20-18-37(46)47)19-17-29-14-16-33(50-6)35(23-29)52-8/h9-16,23-24,26-27H,17-22,25H2,1-8H3,(H,46,47)(H2,40,41,48). The number of nitrogens with zero attached hydrogens (tertiary/aromatic N) is 3. The highest BCUT2D eigenvalue weighted by atomic mass is 16.5. The number of nitrogens with one attached hydrogen (secondary N) is 2. The highest BCUT2D eigenvalue weighted by Crippen LogP contribution is 2.28. The quantitative estimate of drug-likeness (QED) is 0.139. The predicted molar refractivity (Wildman–Crippen MR) is 202 cm³/mol. The first-order chi connectivity index (χ1) is 24.8. The third kappa shape index (κ3) is 11.8. The van der Waals surface area contributed by atoms with Gasteiger partial charge in [-0.15, -0.1) is 0 Å². The maximum atomic E-state index is 13.9. The number of carbonyl (C=O) groups is 4. The van der Waals surface area contributed by atoms with Gasteiger partial charge in [0.15, 0.2) is 11.5 Å². The Labute approximate surface area is 306 Å². The van der Waals surface area contributed by atoms with E-state index in [1.165, 1.54) is 7.11 Å². The molecule has 0 fully saturated rings. The van der Waals surface area contributed by atoms with E-state index in [9.17, 15) is 24.3 Å². The molecule has 13 heteroatoms. The van der Waals surface area contributed by atoms with Crippen molar-refractivity contribution in [2.24, 2.45) is 0 Å². The van der Waals surface area contributed by atoms with Gasteiger partial charge in [0.2, 0.25) is 5.91 Å². The number of carboxylic acids is 1. The number of rotatable bonds is 18. The molecule has 0 saturated carbocycles. The van der Waals surface area contributed by atoms with E-state index < -0.39 is 12.0 Å². The summed E-state index contributed by atoms with van der Waals surface area (Å²) in [7, 11) is 4.61. The van der Waals surface area contributed by atoms with Gasteiger partial charge in [-0.2, -0.15) is 0 Å². The molecule has 0 atom stereocenters. The van der Waals surface area contributed by atoms with Gasteiger partial charge in [-0.3, -0.25) is 9.59 Å². The molecule has 0 spiro atoms. The Hall–Kier alpha value is -5.46. The van der Waals surface area contributed by atoms with Crippen LogP contribution in [-0.4, -0.2) is 103 Å². The van der Waals surface area contributed by atoms with Crippen LogP contribution in [0.5, 0.6) is 17.2 Å². The van der Waals surface area contributed by atoms with Crippen LogP contribution in [-0.2, 0) is 22.4 Å². The second kappa shape index (κ2) is 19.8. The lowest BCUT2D eigenvalue weighted by Gasteiger charge is -2.36. The third-order valence-corrected chi connectivity index (χ3v) is 8.64. The summed E-state index contributed by atoms with van der Waals surface area (Å²) in [4.78, 5) is 56.8. The highest BCUT2D eigenvalue weighted by Gasteiger charge is 2.26. The van der Waals surface area contributed by atoms with Crippen LogP contribution in [0.15, 0.2) is 60.7 Å². The molecule has 3 aromatic carbocycles. The fourth-order valence-corrected chi connectivity index (χ4v) is 5.69. The molecule has 52 heavy (non-hydrogen) atoms. The van der Waals surface area contributed by atoms with E-state index in [4.69, 9.17) is 14.2 Å². The van der Waals surface area contributed by atoms with E-state index in [1.54, 1.807) is 53.2 Å². The molecule has 0 heterocycles. The number of hydrogen-bond acceptors (Lipinski definition) is 7. The Morgan fingerprint density at radius 3 is 1.90 bits per heavy atom. The molecular weight excluding hydrogens is 666 g/mol. The van der Waals surface area contributed by atoms with Gasteiger partial charge >= 0.3 is 18.0 Å². The Bertz CT molecular complexity index is 1680. The van der Waals surface area contributed by atoms with E-state index >= 15 is 0 Å². The Balaban J connectivity index is 1.70. The summed E-state index contributed by atoms with van der Waals surface area (Å²) in [6, 6.07) is 17.1. The first-order valence-corrected chi connectivity index (χ1v) is 17.4. The molecule has 0 bridgehead atoms. The van der Waals surface area contributed by atoms with Crippen molar-refractivity contribution in [3.05, 3.63) is 77.4 Å². The van der Waals surface area contributed by atoms with Crippen LogP contribution in [0.1, 0.15) is 50.8 Å². The minimum Gasteiger partial charge on any atom is -0.495 e. The second-order valence-electron chi connectivity index (χ2n) is 12.9. The summed E-state index contributed by atoms with van der Waals surface area (Å²) in [6.45, 7) is 10.4. The number of anilines is 2. The largest absolute Gasteiger partial charge is 0.495 e. The van der Waals surface area contributed by atoms with Crippen LogP contribution in [0.4, 0.5) is 21.0 Å². The molecule has 0 aliphatic heterocycles. The highest BCUT2D eigenvalue weighted by molar-refractivity contribution is 6.01. The summed E-state index contributed by atoms with van der Waals surface area (Å²) >= 11 is 0. The molecule has 0 saturated heterocycles. The summed E-state index contributed by atoms with van der Waals surface area (Å²) in [5, 5.41) is 15.1. The SMILES string of the molecule is COc1cc(CC(=O)N(CCN(C(=O)N(CCC(=O)O)CCc2ccc(OC)c(OC)c2)C(C)C)C(C)C)ccc1NC(=O)Nc1ccccc1C. The zero-order valence-corrected chi connectivity index (χ0v) is 31.5. The number of benzene rings is 3. The zero-order valence-electron chi connectivity index (χ0n) is 31.5. The molecular formula is C39H53N5O8. The van der Waals surface area contributed by atoms with Gasteiger partial charge in [0.1, 0.15) is 5.75 Å². The van der Waals surface area contributed by atoms with E-state index in [0.717, 1.165) is 11.1 Å². The van der Waals surface area contributed by atoms with Crippen molar-refractivity contribution < 1.29 is 38.5 Å². The normalized spacial score (nSPS) is 10.8. The predicted octanol–water partition coefficient (Wildman–Crippen LogP) is 6.29. The van der Waals surface area contributed by atoms with E-state index in [2.05, 4.69) is 10.6 Å². The molecule has 5 amide bonds. The minimum absolute atomic E-state index is 0.0394. The molecule has 3 aromatic rings. The van der Waals surface area contributed by atoms with Crippen LogP contribution < -0.4 is 24.8 Å². The van der Waals surface area contributed by atoms with Crippen molar-refractivity contribution in [1.29, 1.82) is 0 Å². The van der Waals surface area contributed by atoms with Crippen LogP contribution >= 0.6 is 0 Å². The van der Waals surface area contributed by atoms with E-state index in [1.807, 2.05) is 71.0 Å². The van der Waals surface area contributed by atoms with Crippen molar-refractivity contribution in [2.75, 3.05) is 58.1 Å². The zero-order chi connectivity index (χ0) is 38.4. The van der Waals surface area contributed by atoms with Crippen LogP contribution in [0.25, 0.3) is 0 Å². The number of amides is 5. The molecule has 0 aromatic heterocycles. The number of methoxy groups -OCH3 is 3. The number of aliphatic carboxylic acids is 1. The number of aryl methyl sites for hydroxylation is 1. The third-order valence-electron chi connectivity index (χ3n) is 8.64. The molecule has 0 aliphatic carbocycles. The van der Waals surface area contributed by atoms with E-state index in [-0.39, 0.29) is 63.0 Å². The first-order valence-electron chi connectivity index (χ1n) is 17.4. The number of para-hydroxylation sites is 1. The van der Waals surface area contributed by atoms with Gasteiger partial charge in [0, 0.05) is 44.0 Å². The van der Waals surface area contributed by atoms with Crippen molar-refractivity contribution in [1.82, 2.24) is 14.7 Å². The summed E-state index contributed by atoms with van der Waals surface area (Å²) < 4.78 is 16.3. The number of carbonyl (C=O) groups excluding carboxylic acids is 3. The summed E-state index contributed by atoms with van der Waals surface area (Å²) in [5.74, 6) is 0.433. The van der Waals surface area contributed by atoms with Gasteiger partial charge in [-0.25, -0.2) is 9.59 Å². The molecule has 13 nitrogen and oxygen atoms in total. The van der Waals surface area contributed by atoms with Gasteiger partial charge in [0.05, 0.1) is 39.9 Å². The fraction of sp³-hybridized carbons (Fsp3) is 0.436. The van der Waals surface area contributed by atoms with Crippen molar-refractivity contribution in [2.45, 2.75) is 66.0 Å². The Morgan fingerprint density at radius 2 is 1.29 bits per heavy atom. The van der Waals surface area contributed by atoms with Gasteiger partial charge in [0.25, 0.3) is 0 Å². The lowest BCUT2D eigenvalue weighted by Crippen LogP contribution is -2.51. The van der Waals surface area contributed by atoms with Crippen molar-refractivity contribution >= 4 is 35.3 Å². The number of urea groups is 2. The number of ether oxygens (including phenoxy) is 3. The van der Waals surface area contributed by atoms with Gasteiger partial charge in [-0.05, 0) is 88.1 Å². The minimum atomic E-state index is -0.998. The topological polar surface area (TPSA) is 150 Å². The molecule has 3 rings (SSSR count). The maximum Gasteiger partial charge on any atom is 0.323 e. The average molecular weight is 720 g/mol. The summed E-state index contributed by atoms with van der Waals surface area (Å²) in [6.07, 6.45) is 0.356. The Morgan fingerprint density at radius 1 is 0.692 bits per heavy atom. The molecule has 0 radical (unpaired) electrons. The lowest BCUT2D eigenvalue weighted by molar-refractivity contribution is -0.137. The van der Waals surface area contributed by atoms with Crippen LogP contribution in [0.2, 0.25) is 0 Å². The molecule has 0 aliphatic rings.